The van der Waals surface area contributed by atoms with E-state index in [4.69, 9.17) is 10.6 Å². The molecule has 1 aromatic carbocycles. The molecular formula is C15H16N4OS. The number of anilines is 1. The lowest BCUT2D eigenvalue weighted by atomic mass is 10.2. The number of nitrogens with zero attached hydrogens (tertiary/aromatic N) is 2. The minimum atomic E-state index is 0.315. The first-order valence-corrected chi connectivity index (χ1v) is 7.60. The second-order valence-electron chi connectivity index (χ2n) is 4.56. The van der Waals surface area contributed by atoms with Crippen LogP contribution in [0.1, 0.15) is 18.3 Å². The Morgan fingerprint density at radius 2 is 2.19 bits per heavy atom. The van der Waals surface area contributed by atoms with Crippen LogP contribution in [0.2, 0.25) is 0 Å². The topological polar surface area (TPSA) is 73.1 Å². The number of nitrogen functional groups attached to an aromatic ring is 1. The van der Waals surface area contributed by atoms with Crippen molar-refractivity contribution in [2.75, 3.05) is 5.43 Å². The predicted molar refractivity (Wildman–Crippen MR) is 85.4 cm³/mol. The van der Waals surface area contributed by atoms with Gasteiger partial charge < -0.3 is 10.2 Å². The van der Waals surface area contributed by atoms with Gasteiger partial charge in [-0.25, -0.2) is 15.8 Å². The predicted octanol–water partition coefficient (Wildman–Crippen LogP) is 3.12. The van der Waals surface area contributed by atoms with E-state index in [1.54, 1.807) is 11.3 Å². The number of hydrogen-bond acceptors (Lipinski definition) is 6. The van der Waals surface area contributed by atoms with Gasteiger partial charge >= 0.3 is 0 Å². The van der Waals surface area contributed by atoms with Crippen molar-refractivity contribution in [3.05, 3.63) is 47.1 Å². The van der Waals surface area contributed by atoms with Crippen LogP contribution < -0.4 is 16.0 Å². The Balaban J connectivity index is 1.81. The van der Waals surface area contributed by atoms with Crippen LogP contribution in [-0.4, -0.2) is 9.97 Å². The van der Waals surface area contributed by atoms with Crippen molar-refractivity contribution in [2.45, 2.75) is 20.0 Å². The fraction of sp³-hybridized carbons (Fsp3) is 0.200. The Morgan fingerprint density at radius 1 is 1.29 bits per heavy atom. The molecule has 0 atom stereocenters. The van der Waals surface area contributed by atoms with Crippen LogP contribution in [0, 0.1) is 0 Å². The first kappa shape index (κ1) is 13.8. The molecule has 108 valence electrons. The van der Waals surface area contributed by atoms with Crippen molar-refractivity contribution in [3.8, 4) is 5.75 Å². The Kier molecular flexibility index (Phi) is 3.98. The van der Waals surface area contributed by atoms with E-state index in [9.17, 15) is 0 Å². The van der Waals surface area contributed by atoms with Gasteiger partial charge in [-0.05, 0) is 35.6 Å². The van der Waals surface area contributed by atoms with Gasteiger partial charge in [0.05, 0.1) is 5.39 Å². The SMILES string of the molecule is CCc1cccc(OCc2nc(NN)c3ccsc3n2)c1. The van der Waals surface area contributed by atoms with E-state index in [0.29, 0.717) is 18.2 Å². The summed E-state index contributed by atoms with van der Waals surface area (Å²) >= 11 is 1.56. The lowest BCUT2D eigenvalue weighted by Crippen LogP contribution is -2.11. The zero-order valence-electron chi connectivity index (χ0n) is 11.7. The standard InChI is InChI=1S/C15H16N4OS/c1-2-10-4-3-5-11(8-10)20-9-13-17-14(19-16)12-6-7-21-15(12)18-13/h3-8H,2,9,16H2,1H3,(H,17,18,19). The third-order valence-electron chi connectivity index (χ3n) is 3.18. The first-order valence-electron chi connectivity index (χ1n) is 6.72. The van der Waals surface area contributed by atoms with Crippen LogP contribution in [-0.2, 0) is 13.0 Å². The summed E-state index contributed by atoms with van der Waals surface area (Å²) in [6, 6.07) is 9.99. The molecule has 0 unspecified atom stereocenters. The van der Waals surface area contributed by atoms with Crippen LogP contribution >= 0.6 is 11.3 Å². The van der Waals surface area contributed by atoms with Crippen LogP contribution in [0.25, 0.3) is 10.2 Å². The van der Waals surface area contributed by atoms with Gasteiger partial charge in [-0.3, -0.25) is 0 Å². The van der Waals surface area contributed by atoms with Gasteiger partial charge in [-0.1, -0.05) is 19.1 Å². The van der Waals surface area contributed by atoms with Crippen molar-refractivity contribution in [1.82, 2.24) is 9.97 Å². The summed E-state index contributed by atoms with van der Waals surface area (Å²) in [4.78, 5) is 9.77. The molecular weight excluding hydrogens is 284 g/mol. The molecule has 2 heterocycles. The highest BCUT2D eigenvalue weighted by Crippen LogP contribution is 2.24. The number of aromatic nitrogens is 2. The van der Waals surface area contributed by atoms with E-state index in [1.807, 2.05) is 29.6 Å². The van der Waals surface area contributed by atoms with Gasteiger partial charge in [0.15, 0.2) is 11.6 Å². The Morgan fingerprint density at radius 3 is 3.00 bits per heavy atom. The molecule has 3 aromatic rings. The minimum Gasteiger partial charge on any atom is -0.486 e. The largest absolute Gasteiger partial charge is 0.486 e. The number of nitrogens with one attached hydrogen (secondary N) is 1. The van der Waals surface area contributed by atoms with Crippen molar-refractivity contribution >= 4 is 27.4 Å². The van der Waals surface area contributed by atoms with E-state index in [1.165, 1.54) is 5.56 Å². The third kappa shape index (κ3) is 2.96. The Hall–Kier alpha value is -2.18. The molecule has 0 bridgehead atoms. The molecule has 2 aromatic heterocycles. The Bertz CT molecular complexity index is 756. The first-order chi connectivity index (χ1) is 10.3. The number of ether oxygens (including phenoxy) is 1. The van der Waals surface area contributed by atoms with E-state index in [-0.39, 0.29) is 0 Å². The number of benzene rings is 1. The lowest BCUT2D eigenvalue weighted by molar-refractivity contribution is 0.296. The highest BCUT2D eigenvalue weighted by molar-refractivity contribution is 7.16. The average Bonchev–Trinajstić information content (AvgIpc) is 3.00. The van der Waals surface area contributed by atoms with Gasteiger partial charge in [0.2, 0.25) is 0 Å². The maximum atomic E-state index is 5.77. The number of hydrazine groups is 1. The van der Waals surface area contributed by atoms with Crippen molar-refractivity contribution < 1.29 is 4.74 Å². The van der Waals surface area contributed by atoms with Crippen LogP contribution in [0.15, 0.2) is 35.7 Å². The van der Waals surface area contributed by atoms with Gasteiger partial charge in [-0.2, -0.15) is 0 Å². The molecule has 21 heavy (non-hydrogen) atoms. The fourth-order valence-electron chi connectivity index (χ4n) is 2.08. The summed E-state index contributed by atoms with van der Waals surface area (Å²) in [7, 11) is 0. The van der Waals surface area contributed by atoms with E-state index < -0.39 is 0 Å². The molecule has 0 radical (unpaired) electrons. The molecule has 3 rings (SSSR count). The number of fused-ring (bicyclic) bond motifs is 1. The molecule has 0 fully saturated rings. The van der Waals surface area contributed by atoms with Crippen molar-refractivity contribution in [2.24, 2.45) is 5.84 Å². The van der Waals surface area contributed by atoms with Crippen molar-refractivity contribution in [1.29, 1.82) is 0 Å². The molecule has 0 saturated heterocycles. The second-order valence-corrected chi connectivity index (χ2v) is 5.46. The van der Waals surface area contributed by atoms with E-state index in [0.717, 1.165) is 22.4 Å². The third-order valence-corrected chi connectivity index (χ3v) is 3.99. The summed E-state index contributed by atoms with van der Waals surface area (Å²) in [6.45, 7) is 2.43. The van der Waals surface area contributed by atoms with Gasteiger partial charge in [-0.15, -0.1) is 11.3 Å². The summed E-state index contributed by atoms with van der Waals surface area (Å²) in [5.74, 6) is 7.58. The Labute approximate surface area is 126 Å². The molecule has 0 aliphatic heterocycles. The summed E-state index contributed by atoms with van der Waals surface area (Å²) in [5, 5.41) is 2.90. The second kappa shape index (κ2) is 6.07. The zero-order valence-corrected chi connectivity index (χ0v) is 12.5. The average molecular weight is 300 g/mol. The van der Waals surface area contributed by atoms with Crippen molar-refractivity contribution in [3.63, 3.8) is 0 Å². The van der Waals surface area contributed by atoms with Crippen LogP contribution in [0.4, 0.5) is 5.82 Å². The monoisotopic (exact) mass is 300 g/mol. The number of hydrogen-bond donors (Lipinski definition) is 2. The van der Waals surface area contributed by atoms with Gasteiger partial charge in [0.1, 0.15) is 17.2 Å². The van der Waals surface area contributed by atoms with E-state index in [2.05, 4.69) is 28.4 Å². The smallest absolute Gasteiger partial charge is 0.169 e. The highest BCUT2D eigenvalue weighted by atomic mass is 32.1. The molecule has 5 nitrogen and oxygen atoms in total. The maximum absolute atomic E-state index is 5.77. The van der Waals surface area contributed by atoms with E-state index >= 15 is 0 Å². The molecule has 6 heteroatoms. The molecule has 3 N–H and O–H groups in total. The molecule has 0 aliphatic carbocycles. The molecule has 0 spiro atoms. The minimum absolute atomic E-state index is 0.315. The molecule has 0 amide bonds. The maximum Gasteiger partial charge on any atom is 0.169 e. The highest BCUT2D eigenvalue weighted by Gasteiger charge is 2.08. The van der Waals surface area contributed by atoms with Gasteiger partial charge in [0, 0.05) is 0 Å². The summed E-state index contributed by atoms with van der Waals surface area (Å²) in [5.41, 5.74) is 3.85. The fourth-order valence-corrected chi connectivity index (χ4v) is 2.86. The normalized spacial score (nSPS) is 10.8. The number of thiophene rings is 1. The van der Waals surface area contributed by atoms with Crippen LogP contribution in [0.5, 0.6) is 5.75 Å². The molecule has 0 saturated carbocycles. The molecule has 0 aliphatic rings. The number of nitrogens with two attached hydrogens (primary N) is 1. The van der Waals surface area contributed by atoms with Crippen LogP contribution in [0.3, 0.4) is 0 Å². The summed E-state index contributed by atoms with van der Waals surface area (Å²) < 4.78 is 5.77. The zero-order chi connectivity index (χ0) is 14.7. The van der Waals surface area contributed by atoms with Gasteiger partial charge in [0.25, 0.3) is 0 Å². The summed E-state index contributed by atoms with van der Waals surface area (Å²) in [6.07, 6.45) is 0.982. The quantitative estimate of drug-likeness (QED) is 0.559. The number of aryl methyl sites for hydroxylation is 1. The number of rotatable bonds is 5. The lowest BCUT2D eigenvalue weighted by Gasteiger charge is -2.08.